The van der Waals surface area contributed by atoms with Gasteiger partial charge in [0.25, 0.3) is 0 Å². The van der Waals surface area contributed by atoms with Crippen molar-refractivity contribution in [1.82, 2.24) is 5.32 Å². The monoisotopic (exact) mass is 211 g/mol. The second-order valence-corrected chi connectivity index (χ2v) is 5.22. The molecular formula is C13H25NO. The van der Waals surface area contributed by atoms with Crippen LogP contribution in [0.15, 0.2) is 0 Å². The fraction of sp³-hybridized carbons (Fsp3) is 1.00. The fourth-order valence-corrected chi connectivity index (χ4v) is 3.27. The van der Waals surface area contributed by atoms with E-state index in [1.807, 2.05) is 0 Å². The first kappa shape index (κ1) is 11.4. The minimum absolute atomic E-state index is 0.0228. The summed E-state index contributed by atoms with van der Waals surface area (Å²) < 4.78 is 6.37. The molecule has 0 amide bonds. The lowest BCUT2D eigenvalue weighted by molar-refractivity contribution is -0.165. The zero-order chi connectivity index (χ0) is 10.7. The highest BCUT2D eigenvalue weighted by molar-refractivity contribution is 4.91. The molecule has 2 rings (SSSR count). The van der Waals surface area contributed by atoms with Crippen LogP contribution in [0.5, 0.6) is 0 Å². The number of nitrogens with one attached hydrogen (secondary N) is 1. The van der Waals surface area contributed by atoms with Gasteiger partial charge >= 0.3 is 0 Å². The van der Waals surface area contributed by atoms with Crippen LogP contribution in [0.1, 0.15) is 58.8 Å². The Morgan fingerprint density at radius 1 is 1.20 bits per heavy atom. The van der Waals surface area contributed by atoms with Gasteiger partial charge in [0.05, 0.1) is 6.10 Å². The average molecular weight is 211 g/mol. The molecule has 15 heavy (non-hydrogen) atoms. The molecule has 0 aromatic heterocycles. The Balaban J connectivity index is 1.99. The molecule has 1 aliphatic heterocycles. The van der Waals surface area contributed by atoms with Gasteiger partial charge in [0.2, 0.25) is 0 Å². The Kier molecular flexibility index (Phi) is 3.68. The maximum Gasteiger partial charge on any atom is 0.119 e. The summed E-state index contributed by atoms with van der Waals surface area (Å²) in [6.45, 7) is 5.69. The van der Waals surface area contributed by atoms with Crippen molar-refractivity contribution in [3.8, 4) is 0 Å². The Hall–Kier alpha value is -0.0800. The minimum atomic E-state index is 0.0228. The molecule has 2 fully saturated rings. The average Bonchev–Trinajstić information content (AvgIpc) is 2.65. The highest BCUT2D eigenvalue weighted by Gasteiger charge is 2.41. The highest BCUT2D eigenvalue weighted by Crippen LogP contribution is 2.37. The van der Waals surface area contributed by atoms with Crippen LogP contribution in [0.25, 0.3) is 0 Å². The lowest BCUT2D eigenvalue weighted by atomic mass is 9.95. The molecule has 2 heteroatoms. The number of rotatable bonds is 4. The molecule has 88 valence electrons. The van der Waals surface area contributed by atoms with Crippen LogP contribution < -0.4 is 5.32 Å². The maximum atomic E-state index is 6.37. The molecule has 0 bridgehead atoms. The van der Waals surface area contributed by atoms with Gasteiger partial charge in [-0.15, -0.1) is 0 Å². The van der Waals surface area contributed by atoms with E-state index in [9.17, 15) is 0 Å². The molecule has 2 unspecified atom stereocenters. The van der Waals surface area contributed by atoms with E-state index in [1.54, 1.807) is 0 Å². The summed E-state index contributed by atoms with van der Waals surface area (Å²) in [6, 6.07) is 0. The van der Waals surface area contributed by atoms with E-state index in [2.05, 4.69) is 19.2 Å². The minimum Gasteiger partial charge on any atom is -0.357 e. The van der Waals surface area contributed by atoms with Gasteiger partial charge in [0.15, 0.2) is 0 Å². The lowest BCUT2D eigenvalue weighted by Crippen LogP contribution is -2.57. The van der Waals surface area contributed by atoms with Crippen molar-refractivity contribution in [1.29, 1.82) is 0 Å². The number of ether oxygens (including phenoxy) is 1. The van der Waals surface area contributed by atoms with Gasteiger partial charge < -0.3 is 4.74 Å². The summed E-state index contributed by atoms with van der Waals surface area (Å²) >= 11 is 0. The van der Waals surface area contributed by atoms with E-state index in [4.69, 9.17) is 4.74 Å². The largest absolute Gasteiger partial charge is 0.357 e. The van der Waals surface area contributed by atoms with Gasteiger partial charge in [0.1, 0.15) is 5.72 Å². The van der Waals surface area contributed by atoms with Crippen LogP contribution in [-0.2, 0) is 4.74 Å². The summed E-state index contributed by atoms with van der Waals surface area (Å²) in [6.07, 6.45) is 9.35. The quantitative estimate of drug-likeness (QED) is 0.771. The first-order chi connectivity index (χ1) is 7.29. The second-order valence-electron chi connectivity index (χ2n) is 5.22. The summed E-state index contributed by atoms with van der Waals surface area (Å²) in [5.41, 5.74) is 0.0228. The third-order valence-electron chi connectivity index (χ3n) is 3.96. The molecule has 1 aliphatic carbocycles. The summed E-state index contributed by atoms with van der Waals surface area (Å²) in [4.78, 5) is 0. The van der Waals surface area contributed by atoms with E-state index in [-0.39, 0.29) is 5.72 Å². The predicted octanol–water partition coefficient (Wildman–Crippen LogP) is 3.07. The Morgan fingerprint density at radius 3 is 2.60 bits per heavy atom. The molecule has 2 atom stereocenters. The third kappa shape index (κ3) is 2.36. The Labute approximate surface area is 93.8 Å². The molecule has 0 aromatic carbocycles. The molecule has 2 nitrogen and oxygen atoms in total. The SMILES string of the molecule is CCCC1(CCC)NCC2CCCC2O1. The van der Waals surface area contributed by atoms with Crippen LogP contribution >= 0.6 is 0 Å². The Morgan fingerprint density at radius 2 is 1.93 bits per heavy atom. The molecule has 1 saturated heterocycles. The van der Waals surface area contributed by atoms with E-state index < -0.39 is 0 Å². The number of hydrogen-bond donors (Lipinski definition) is 1. The first-order valence-corrected chi connectivity index (χ1v) is 6.72. The zero-order valence-corrected chi connectivity index (χ0v) is 10.2. The lowest BCUT2D eigenvalue weighted by Gasteiger charge is -2.44. The molecule has 0 aromatic rings. The van der Waals surface area contributed by atoms with Crippen molar-refractivity contribution >= 4 is 0 Å². The summed E-state index contributed by atoms with van der Waals surface area (Å²) in [7, 11) is 0. The molecule has 1 N–H and O–H groups in total. The van der Waals surface area contributed by atoms with E-state index >= 15 is 0 Å². The van der Waals surface area contributed by atoms with Crippen LogP contribution in [0.4, 0.5) is 0 Å². The summed E-state index contributed by atoms with van der Waals surface area (Å²) in [5, 5.41) is 3.68. The van der Waals surface area contributed by atoms with Crippen LogP contribution in [-0.4, -0.2) is 18.4 Å². The molecule has 0 spiro atoms. The van der Waals surface area contributed by atoms with Gasteiger partial charge in [-0.05, 0) is 31.6 Å². The van der Waals surface area contributed by atoms with Crippen molar-refractivity contribution in [2.24, 2.45) is 5.92 Å². The van der Waals surface area contributed by atoms with Crippen molar-refractivity contribution < 1.29 is 4.74 Å². The topological polar surface area (TPSA) is 21.3 Å². The standard InChI is InChI=1S/C13H25NO/c1-3-8-13(9-4-2)14-10-11-6-5-7-12(11)15-13/h11-12,14H,3-10H2,1-2H3. The van der Waals surface area contributed by atoms with Crippen molar-refractivity contribution in [2.45, 2.75) is 70.6 Å². The van der Waals surface area contributed by atoms with E-state index in [1.165, 1.54) is 51.5 Å². The number of hydrogen-bond acceptors (Lipinski definition) is 2. The van der Waals surface area contributed by atoms with Gasteiger partial charge in [-0.3, -0.25) is 5.32 Å². The maximum absolute atomic E-state index is 6.37. The smallest absolute Gasteiger partial charge is 0.119 e. The molecule has 0 radical (unpaired) electrons. The number of fused-ring (bicyclic) bond motifs is 1. The molecule has 1 saturated carbocycles. The Bertz CT molecular complexity index is 199. The normalized spacial score (nSPS) is 34.0. The molecule has 1 heterocycles. The van der Waals surface area contributed by atoms with Crippen LogP contribution in [0, 0.1) is 5.92 Å². The zero-order valence-electron chi connectivity index (χ0n) is 10.2. The second kappa shape index (κ2) is 4.84. The van der Waals surface area contributed by atoms with Gasteiger partial charge in [-0.25, -0.2) is 0 Å². The van der Waals surface area contributed by atoms with Crippen molar-refractivity contribution in [3.63, 3.8) is 0 Å². The fourth-order valence-electron chi connectivity index (χ4n) is 3.27. The predicted molar refractivity (Wildman–Crippen MR) is 62.8 cm³/mol. The van der Waals surface area contributed by atoms with Crippen LogP contribution in [0.3, 0.4) is 0 Å². The van der Waals surface area contributed by atoms with Crippen LogP contribution in [0.2, 0.25) is 0 Å². The van der Waals surface area contributed by atoms with Gasteiger partial charge in [-0.1, -0.05) is 33.1 Å². The van der Waals surface area contributed by atoms with Gasteiger partial charge in [-0.2, -0.15) is 0 Å². The molecule has 2 aliphatic rings. The summed E-state index contributed by atoms with van der Waals surface area (Å²) in [5.74, 6) is 0.798. The molecular weight excluding hydrogens is 186 g/mol. The third-order valence-corrected chi connectivity index (χ3v) is 3.96. The van der Waals surface area contributed by atoms with Crippen molar-refractivity contribution in [2.75, 3.05) is 6.54 Å². The van der Waals surface area contributed by atoms with Crippen molar-refractivity contribution in [3.05, 3.63) is 0 Å². The van der Waals surface area contributed by atoms with Gasteiger partial charge in [0, 0.05) is 6.54 Å². The van der Waals surface area contributed by atoms with E-state index in [0.717, 1.165) is 5.92 Å². The first-order valence-electron chi connectivity index (χ1n) is 6.72. The van der Waals surface area contributed by atoms with E-state index in [0.29, 0.717) is 6.10 Å². The highest BCUT2D eigenvalue weighted by atomic mass is 16.5.